The minimum Gasteiger partial charge on any atom is -0.504 e. The molecule has 1 aromatic carbocycles. The third-order valence-corrected chi connectivity index (χ3v) is 3.56. The number of phenolic OH excluding ortho intramolecular Hbond substituents is 2. The van der Waals surface area contributed by atoms with Crippen molar-refractivity contribution in [1.29, 1.82) is 0 Å². The number of carbonyl (C=O) groups is 2. The fraction of sp³-hybridized carbons (Fsp3) is 0.250. The number of ketones is 2. The van der Waals surface area contributed by atoms with Crippen LogP contribution in [0.15, 0.2) is 23.5 Å². The zero-order chi connectivity index (χ0) is 17.3. The van der Waals surface area contributed by atoms with Crippen LogP contribution < -0.4 is 9.47 Å². The average molecular weight is 320 g/mol. The number of methoxy groups -OCH3 is 3. The molecule has 23 heavy (non-hydrogen) atoms. The van der Waals surface area contributed by atoms with Crippen molar-refractivity contribution in [3.8, 4) is 23.0 Å². The topological polar surface area (TPSA) is 102 Å². The average Bonchev–Trinajstić information content (AvgIpc) is 2.53. The second-order valence-electron chi connectivity index (χ2n) is 4.76. The number of Topliss-reactive ketones (excluding diaryl/α,β-unsaturated/α-hetero) is 1. The molecule has 0 heterocycles. The lowest BCUT2D eigenvalue weighted by atomic mass is 9.88. The molecule has 1 aromatic rings. The molecule has 0 fully saturated rings. The summed E-state index contributed by atoms with van der Waals surface area (Å²) in [4.78, 5) is 24.5. The van der Waals surface area contributed by atoms with Crippen LogP contribution in [0.3, 0.4) is 0 Å². The number of hydrogen-bond acceptors (Lipinski definition) is 7. The Hall–Kier alpha value is -2.96. The lowest BCUT2D eigenvalue weighted by Crippen LogP contribution is -2.18. The minimum absolute atomic E-state index is 0.00304. The Morgan fingerprint density at radius 2 is 1.61 bits per heavy atom. The molecular weight excluding hydrogens is 304 g/mol. The maximum Gasteiger partial charge on any atom is 0.224 e. The molecule has 0 saturated heterocycles. The van der Waals surface area contributed by atoms with Gasteiger partial charge < -0.3 is 24.4 Å². The van der Waals surface area contributed by atoms with Gasteiger partial charge in [-0.25, -0.2) is 0 Å². The van der Waals surface area contributed by atoms with Crippen molar-refractivity contribution in [2.75, 3.05) is 21.3 Å². The number of ether oxygens (including phenoxy) is 3. The van der Waals surface area contributed by atoms with Crippen LogP contribution in [-0.2, 0) is 14.3 Å². The number of hydrogen-bond donors (Lipinski definition) is 2. The summed E-state index contributed by atoms with van der Waals surface area (Å²) in [7, 11) is 3.85. The van der Waals surface area contributed by atoms with Gasteiger partial charge in [0.05, 0.1) is 21.3 Å². The predicted molar refractivity (Wildman–Crippen MR) is 80.6 cm³/mol. The molecule has 0 bridgehead atoms. The number of rotatable bonds is 4. The van der Waals surface area contributed by atoms with Gasteiger partial charge >= 0.3 is 0 Å². The van der Waals surface area contributed by atoms with Gasteiger partial charge in [0.2, 0.25) is 17.3 Å². The zero-order valence-corrected chi connectivity index (χ0v) is 13.1. The van der Waals surface area contributed by atoms with Crippen LogP contribution in [0.5, 0.6) is 23.0 Å². The molecule has 122 valence electrons. The highest BCUT2D eigenvalue weighted by Crippen LogP contribution is 2.48. The fourth-order valence-corrected chi connectivity index (χ4v) is 2.38. The third kappa shape index (κ3) is 2.50. The first-order chi connectivity index (χ1) is 10.9. The van der Waals surface area contributed by atoms with E-state index in [0.29, 0.717) is 0 Å². The summed E-state index contributed by atoms with van der Waals surface area (Å²) >= 11 is 0. The summed E-state index contributed by atoms with van der Waals surface area (Å²) in [6.45, 7) is 1.45. The molecule has 1 aliphatic carbocycles. The smallest absolute Gasteiger partial charge is 0.224 e. The highest BCUT2D eigenvalue weighted by atomic mass is 16.5. The molecule has 2 N–H and O–H groups in total. The van der Waals surface area contributed by atoms with Crippen molar-refractivity contribution in [3.05, 3.63) is 29.0 Å². The first-order valence-electron chi connectivity index (χ1n) is 6.60. The molecule has 0 unspecified atom stereocenters. The molecule has 0 aromatic heterocycles. The second-order valence-corrected chi connectivity index (χ2v) is 4.76. The van der Waals surface area contributed by atoms with Gasteiger partial charge in [-0.1, -0.05) is 0 Å². The number of phenols is 2. The standard InChI is InChI=1S/C16H16O7/c1-7-12(9(17)6-11(22-3)13(7)18)8-5-10(21-2)15(20)16(23-4)14(8)19/h5-6,19-20H,1-4H3. The van der Waals surface area contributed by atoms with Gasteiger partial charge in [-0.3, -0.25) is 9.59 Å². The van der Waals surface area contributed by atoms with E-state index in [0.717, 1.165) is 6.08 Å². The van der Waals surface area contributed by atoms with Crippen molar-refractivity contribution in [3.63, 3.8) is 0 Å². The first-order valence-corrected chi connectivity index (χ1v) is 6.60. The van der Waals surface area contributed by atoms with Crippen LogP contribution in [0, 0.1) is 0 Å². The largest absolute Gasteiger partial charge is 0.504 e. The van der Waals surface area contributed by atoms with Gasteiger partial charge in [0.15, 0.2) is 23.0 Å². The van der Waals surface area contributed by atoms with Crippen LogP contribution in [0.4, 0.5) is 0 Å². The van der Waals surface area contributed by atoms with Gasteiger partial charge in [-0.2, -0.15) is 0 Å². The van der Waals surface area contributed by atoms with Crippen LogP contribution >= 0.6 is 0 Å². The molecule has 7 nitrogen and oxygen atoms in total. The Bertz CT molecular complexity index is 756. The summed E-state index contributed by atoms with van der Waals surface area (Å²) < 4.78 is 14.8. The minimum atomic E-state index is -0.510. The molecule has 0 amide bonds. The van der Waals surface area contributed by atoms with Crippen LogP contribution in [0.25, 0.3) is 5.57 Å². The predicted octanol–water partition coefficient (Wildman–Crippen LogP) is 1.57. The lowest BCUT2D eigenvalue weighted by Gasteiger charge is -2.19. The molecule has 0 spiro atoms. The van der Waals surface area contributed by atoms with Gasteiger partial charge in [0.25, 0.3) is 0 Å². The van der Waals surface area contributed by atoms with E-state index in [2.05, 4.69) is 0 Å². The maximum atomic E-state index is 12.3. The van der Waals surface area contributed by atoms with Crippen LogP contribution in [0.2, 0.25) is 0 Å². The van der Waals surface area contributed by atoms with E-state index < -0.39 is 23.1 Å². The summed E-state index contributed by atoms with van der Waals surface area (Å²) in [5.41, 5.74) is 0.128. The Morgan fingerprint density at radius 3 is 2.13 bits per heavy atom. The van der Waals surface area contributed by atoms with E-state index in [9.17, 15) is 19.8 Å². The Kier molecular flexibility index (Phi) is 4.31. The second kappa shape index (κ2) is 6.04. The summed E-state index contributed by atoms with van der Waals surface area (Å²) in [6.07, 6.45) is 1.05. The maximum absolute atomic E-state index is 12.3. The molecule has 0 atom stereocenters. The fourth-order valence-electron chi connectivity index (χ4n) is 2.38. The van der Waals surface area contributed by atoms with E-state index in [1.165, 1.54) is 34.3 Å². The van der Waals surface area contributed by atoms with Gasteiger partial charge in [0, 0.05) is 22.8 Å². The molecule has 0 saturated carbocycles. The Balaban J connectivity index is 2.74. The summed E-state index contributed by atoms with van der Waals surface area (Å²) in [6, 6.07) is 1.27. The van der Waals surface area contributed by atoms with Crippen molar-refractivity contribution in [2.45, 2.75) is 6.92 Å². The van der Waals surface area contributed by atoms with Gasteiger partial charge in [-0.05, 0) is 13.0 Å². The quantitative estimate of drug-likeness (QED) is 0.812. The van der Waals surface area contributed by atoms with Crippen molar-refractivity contribution < 1.29 is 34.0 Å². The SMILES string of the molecule is COC1=CC(=O)C(c2cc(OC)c(O)c(OC)c2O)=C(C)C1=O. The molecule has 1 aliphatic rings. The zero-order valence-electron chi connectivity index (χ0n) is 13.1. The van der Waals surface area contributed by atoms with E-state index in [-0.39, 0.29) is 34.0 Å². The van der Waals surface area contributed by atoms with Crippen LogP contribution in [-0.4, -0.2) is 43.1 Å². The monoisotopic (exact) mass is 320 g/mol. The molecule has 2 rings (SSSR count). The molecule has 0 radical (unpaired) electrons. The van der Waals surface area contributed by atoms with E-state index >= 15 is 0 Å². The Morgan fingerprint density at radius 1 is 0.957 bits per heavy atom. The van der Waals surface area contributed by atoms with Crippen molar-refractivity contribution >= 4 is 17.1 Å². The number of benzene rings is 1. The third-order valence-electron chi connectivity index (χ3n) is 3.56. The Labute approximate surface area is 132 Å². The van der Waals surface area contributed by atoms with Crippen molar-refractivity contribution in [2.24, 2.45) is 0 Å². The van der Waals surface area contributed by atoms with E-state index in [4.69, 9.17) is 14.2 Å². The van der Waals surface area contributed by atoms with E-state index in [1.54, 1.807) is 0 Å². The van der Waals surface area contributed by atoms with Gasteiger partial charge in [-0.15, -0.1) is 0 Å². The summed E-state index contributed by atoms with van der Waals surface area (Å²) in [5.74, 6) is -2.17. The normalized spacial score (nSPS) is 14.7. The van der Waals surface area contributed by atoms with Crippen LogP contribution in [0.1, 0.15) is 12.5 Å². The lowest BCUT2D eigenvalue weighted by molar-refractivity contribution is -0.117. The number of allylic oxidation sites excluding steroid dienone is 3. The highest BCUT2D eigenvalue weighted by Gasteiger charge is 2.31. The van der Waals surface area contributed by atoms with Gasteiger partial charge in [0.1, 0.15) is 0 Å². The van der Waals surface area contributed by atoms with E-state index in [1.807, 2.05) is 0 Å². The molecule has 0 aliphatic heterocycles. The summed E-state index contributed by atoms with van der Waals surface area (Å²) in [5, 5.41) is 20.2. The van der Waals surface area contributed by atoms with Crippen molar-refractivity contribution in [1.82, 2.24) is 0 Å². The molecular formula is C16H16O7. The number of carbonyl (C=O) groups excluding carboxylic acids is 2. The molecule has 7 heteroatoms. The first kappa shape index (κ1) is 16.4. The highest BCUT2D eigenvalue weighted by molar-refractivity contribution is 6.37. The number of aromatic hydroxyl groups is 2.